The molecular formula is C29H27FN2O5. The lowest BCUT2D eigenvalue weighted by molar-refractivity contribution is -0.134. The summed E-state index contributed by atoms with van der Waals surface area (Å²) in [6.45, 7) is 1.93. The number of carboxylic acid groups (broad SMARTS) is 2. The fourth-order valence-electron chi connectivity index (χ4n) is 5.98. The summed E-state index contributed by atoms with van der Waals surface area (Å²) in [7, 11) is 0. The lowest BCUT2D eigenvalue weighted by atomic mass is 9.75. The summed E-state index contributed by atoms with van der Waals surface area (Å²) in [4.78, 5) is 36.0. The third-order valence-electron chi connectivity index (χ3n) is 7.60. The minimum absolute atomic E-state index is 0.113. The lowest BCUT2D eigenvalue weighted by Crippen LogP contribution is -2.67. The van der Waals surface area contributed by atoms with Gasteiger partial charge in [-0.2, -0.15) is 0 Å². The van der Waals surface area contributed by atoms with Gasteiger partial charge in [0.1, 0.15) is 5.82 Å². The van der Waals surface area contributed by atoms with Crippen LogP contribution < -0.4 is 4.90 Å². The number of piperidine rings is 1. The molecule has 190 valence electrons. The van der Waals surface area contributed by atoms with Gasteiger partial charge in [0.05, 0.1) is 12.0 Å². The van der Waals surface area contributed by atoms with Crippen molar-refractivity contribution >= 4 is 34.3 Å². The van der Waals surface area contributed by atoms with E-state index < -0.39 is 11.9 Å². The highest BCUT2D eigenvalue weighted by atomic mass is 19.1. The molecule has 1 spiro atoms. The van der Waals surface area contributed by atoms with Crippen LogP contribution in [0.25, 0.3) is 10.8 Å². The summed E-state index contributed by atoms with van der Waals surface area (Å²) in [5.41, 5.74) is 3.45. The van der Waals surface area contributed by atoms with E-state index >= 15 is 0 Å². The number of aliphatic carboxylic acids is 2. The Morgan fingerprint density at radius 2 is 1.59 bits per heavy atom. The molecule has 1 aliphatic carbocycles. The van der Waals surface area contributed by atoms with Crippen LogP contribution in [0.5, 0.6) is 0 Å². The van der Waals surface area contributed by atoms with E-state index in [1.807, 2.05) is 11.0 Å². The monoisotopic (exact) mass is 502 g/mol. The molecule has 2 saturated heterocycles. The van der Waals surface area contributed by atoms with Crippen LogP contribution in [0.15, 0.2) is 72.8 Å². The zero-order valence-electron chi connectivity index (χ0n) is 20.1. The SMILES string of the molecule is O=C(O)/C=C/C(=O)O.O=C1CC2(CCN(C3Cc4cccc5cccc3c45)CC2)N1c1cccc(F)c1. The molecule has 6 rings (SSSR count). The minimum Gasteiger partial charge on any atom is -0.478 e. The van der Waals surface area contributed by atoms with Crippen molar-refractivity contribution in [3.63, 3.8) is 0 Å². The van der Waals surface area contributed by atoms with Crippen molar-refractivity contribution in [2.24, 2.45) is 0 Å². The van der Waals surface area contributed by atoms with Crippen molar-refractivity contribution in [3.8, 4) is 0 Å². The Hall–Kier alpha value is -4.04. The normalized spacial score (nSPS) is 20.1. The predicted molar refractivity (Wildman–Crippen MR) is 137 cm³/mol. The molecule has 0 bridgehead atoms. The maximum Gasteiger partial charge on any atom is 0.328 e. The van der Waals surface area contributed by atoms with Crippen LogP contribution in [-0.2, 0) is 20.8 Å². The quantitative estimate of drug-likeness (QED) is 0.401. The number of carboxylic acids is 2. The number of β-lactam (4-membered cyclic amide) rings is 1. The van der Waals surface area contributed by atoms with Crippen molar-refractivity contribution in [3.05, 3.63) is 89.8 Å². The highest BCUT2D eigenvalue weighted by Gasteiger charge is 2.53. The van der Waals surface area contributed by atoms with Crippen LogP contribution in [0.1, 0.15) is 36.4 Å². The summed E-state index contributed by atoms with van der Waals surface area (Å²) < 4.78 is 13.7. The van der Waals surface area contributed by atoms with E-state index in [0.29, 0.717) is 30.3 Å². The van der Waals surface area contributed by atoms with Crippen LogP contribution >= 0.6 is 0 Å². The summed E-state index contributed by atoms with van der Waals surface area (Å²) >= 11 is 0. The molecule has 7 nitrogen and oxygen atoms in total. The van der Waals surface area contributed by atoms with Gasteiger partial charge in [-0.05, 0) is 59.4 Å². The van der Waals surface area contributed by atoms with Gasteiger partial charge in [0.2, 0.25) is 5.91 Å². The van der Waals surface area contributed by atoms with Crippen LogP contribution in [0.3, 0.4) is 0 Å². The average molecular weight is 503 g/mol. The molecule has 2 N–H and O–H groups in total. The first-order valence-corrected chi connectivity index (χ1v) is 12.2. The number of rotatable bonds is 4. The van der Waals surface area contributed by atoms with E-state index in [0.717, 1.165) is 32.4 Å². The molecule has 3 aromatic rings. The van der Waals surface area contributed by atoms with Crippen molar-refractivity contribution in [2.45, 2.75) is 37.3 Å². The van der Waals surface area contributed by atoms with E-state index in [4.69, 9.17) is 10.2 Å². The summed E-state index contributed by atoms with van der Waals surface area (Å²) in [5.74, 6) is -2.69. The van der Waals surface area contributed by atoms with Gasteiger partial charge in [0.15, 0.2) is 0 Å². The highest BCUT2D eigenvalue weighted by molar-refractivity contribution is 6.02. The van der Waals surface area contributed by atoms with E-state index in [2.05, 4.69) is 41.3 Å². The second-order valence-corrected chi connectivity index (χ2v) is 9.74. The molecule has 3 aromatic carbocycles. The van der Waals surface area contributed by atoms with E-state index in [-0.39, 0.29) is 17.3 Å². The molecule has 2 heterocycles. The number of hydrogen-bond donors (Lipinski definition) is 2. The van der Waals surface area contributed by atoms with Gasteiger partial charge in [0, 0.05) is 37.0 Å². The second-order valence-electron chi connectivity index (χ2n) is 9.74. The second kappa shape index (κ2) is 9.78. The fourth-order valence-corrected chi connectivity index (χ4v) is 5.98. The number of halogens is 1. The van der Waals surface area contributed by atoms with Crippen LogP contribution in [0.4, 0.5) is 10.1 Å². The maximum atomic E-state index is 13.7. The van der Waals surface area contributed by atoms with E-state index in [1.165, 1.54) is 34.0 Å². The van der Waals surface area contributed by atoms with Crippen molar-refractivity contribution < 1.29 is 29.0 Å². The zero-order valence-corrected chi connectivity index (χ0v) is 20.1. The first-order chi connectivity index (χ1) is 17.8. The Morgan fingerprint density at radius 3 is 2.22 bits per heavy atom. The highest BCUT2D eigenvalue weighted by Crippen LogP contribution is 2.47. The number of likely N-dealkylation sites (tertiary alicyclic amines) is 1. The lowest BCUT2D eigenvalue weighted by Gasteiger charge is -2.56. The standard InChI is InChI=1S/C25H23FN2O.C4H4O4/c26-19-7-3-8-20(15-19)28-23(29)16-25(28)10-12-27(13-11-25)22-14-18-6-1-4-17-5-2-9-21(22)24(17)18;5-3(6)1-2-4(7)8/h1-9,15,22H,10-14,16H2;1-2H,(H,5,6)(H,7,8)/b;2-1+. The van der Waals surface area contributed by atoms with Crippen LogP contribution in [0, 0.1) is 5.82 Å². The van der Waals surface area contributed by atoms with Crippen molar-refractivity contribution in [2.75, 3.05) is 18.0 Å². The molecule has 0 saturated carbocycles. The third kappa shape index (κ3) is 4.72. The van der Waals surface area contributed by atoms with Gasteiger partial charge >= 0.3 is 11.9 Å². The topological polar surface area (TPSA) is 98.1 Å². The largest absolute Gasteiger partial charge is 0.478 e. The fraction of sp³-hybridized carbons (Fsp3) is 0.276. The van der Waals surface area contributed by atoms with E-state index in [9.17, 15) is 18.8 Å². The molecular weight excluding hydrogens is 475 g/mol. The molecule has 1 unspecified atom stereocenters. The Labute approximate surface area is 213 Å². The smallest absolute Gasteiger partial charge is 0.328 e. The Bertz CT molecular complexity index is 1390. The van der Waals surface area contributed by atoms with Gasteiger partial charge < -0.3 is 15.1 Å². The molecule has 0 radical (unpaired) electrons. The molecule has 2 fully saturated rings. The number of anilines is 1. The van der Waals surface area contributed by atoms with E-state index in [1.54, 1.807) is 6.07 Å². The number of amides is 1. The van der Waals surface area contributed by atoms with Crippen molar-refractivity contribution in [1.29, 1.82) is 0 Å². The third-order valence-corrected chi connectivity index (χ3v) is 7.60. The van der Waals surface area contributed by atoms with Crippen LogP contribution in [0.2, 0.25) is 0 Å². The Morgan fingerprint density at radius 1 is 0.946 bits per heavy atom. The molecule has 2 aliphatic heterocycles. The van der Waals surface area contributed by atoms with Crippen LogP contribution in [-0.4, -0.2) is 51.6 Å². The molecule has 1 amide bonds. The first-order valence-electron chi connectivity index (χ1n) is 12.2. The molecule has 8 heteroatoms. The molecule has 3 aliphatic rings. The predicted octanol–water partition coefficient (Wildman–Crippen LogP) is 4.56. The average Bonchev–Trinajstić information content (AvgIpc) is 3.24. The summed E-state index contributed by atoms with van der Waals surface area (Å²) in [5, 5.41) is 18.4. The summed E-state index contributed by atoms with van der Waals surface area (Å²) in [6.07, 6.45) is 4.65. The zero-order chi connectivity index (χ0) is 26.2. The number of carbonyl (C=O) groups excluding carboxylic acids is 1. The summed E-state index contributed by atoms with van der Waals surface area (Å²) in [6, 6.07) is 20.1. The first kappa shape index (κ1) is 24.6. The molecule has 37 heavy (non-hydrogen) atoms. The number of benzene rings is 3. The minimum atomic E-state index is -1.26. The Balaban J connectivity index is 0.000000307. The maximum absolute atomic E-state index is 13.7. The van der Waals surface area contributed by atoms with Gasteiger partial charge in [0.25, 0.3) is 0 Å². The number of carbonyl (C=O) groups is 3. The van der Waals surface area contributed by atoms with Crippen molar-refractivity contribution in [1.82, 2.24) is 4.90 Å². The van der Waals surface area contributed by atoms with Gasteiger partial charge in [-0.25, -0.2) is 14.0 Å². The van der Waals surface area contributed by atoms with Gasteiger partial charge in [-0.15, -0.1) is 0 Å². The Kier molecular flexibility index (Phi) is 6.52. The number of hydrogen-bond acceptors (Lipinski definition) is 4. The van der Waals surface area contributed by atoms with Gasteiger partial charge in [-0.3, -0.25) is 9.69 Å². The molecule has 0 aromatic heterocycles. The number of nitrogens with zero attached hydrogens (tertiary/aromatic N) is 2. The molecule has 1 atom stereocenters. The van der Waals surface area contributed by atoms with Gasteiger partial charge in [-0.1, -0.05) is 42.5 Å².